The Balaban J connectivity index is 1.40. The fraction of sp³-hybridized carbons (Fsp3) is 0.417. The van der Waals surface area contributed by atoms with Crippen molar-refractivity contribution in [3.8, 4) is 0 Å². The molecule has 4 N–H and O–H groups in total. The van der Waals surface area contributed by atoms with Crippen molar-refractivity contribution in [3.05, 3.63) is 58.4 Å². The summed E-state index contributed by atoms with van der Waals surface area (Å²) in [6, 6.07) is 2.48. The number of anilines is 1. The maximum Gasteiger partial charge on any atom is 0.248 e. The molecule has 11 heteroatoms. The van der Waals surface area contributed by atoms with Crippen molar-refractivity contribution in [1.29, 1.82) is 0 Å². The van der Waals surface area contributed by atoms with E-state index in [9.17, 15) is 22.8 Å². The number of fused-ring (bicyclic) bond motifs is 1. The van der Waals surface area contributed by atoms with Crippen LogP contribution in [0.3, 0.4) is 0 Å². The number of hydrogen-bond acceptors (Lipinski definition) is 6. The molecule has 0 spiro atoms. The molecular weight excluding hydrogens is 461 g/mol. The Morgan fingerprint density at radius 1 is 1.11 bits per heavy atom. The third-order valence-electron chi connectivity index (χ3n) is 6.56. The minimum atomic E-state index is -2.65. The number of aromatic amines is 1. The lowest BCUT2D eigenvalue weighted by molar-refractivity contribution is -0.119. The highest BCUT2D eigenvalue weighted by molar-refractivity contribution is 6.09. The fourth-order valence-electron chi connectivity index (χ4n) is 4.71. The molecule has 2 fully saturated rings. The van der Waals surface area contributed by atoms with E-state index in [2.05, 4.69) is 30.9 Å². The number of nitrogens with one attached hydrogen (secondary N) is 4. The quantitative estimate of drug-likeness (QED) is 0.368. The maximum absolute atomic E-state index is 14.9. The molecule has 8 nitrogen and oxygen atoms in total. The smallest absolute Gasteiger partial charge is 0.248 e. The van der Waals surface area contributed by atoms with Gasteiger partial charge in [0.05, 0.1) is 17.2 Å². The molecule has 1 atom stereocenters. The number of amides is 1. The second kappa shape index (κ2) is 9.20. The zero-order valence-electron chi connectivity index (χ0n) is 18.8. The minimum absolute atomic E-state index is 0.0497. The van der Waals surface area contributed by atoms with Crippen molar-refractivity contribution >= 4 is 23.2 Å². The molecule has 1 amide bonds. The lowest BCUT2D eigenvalue weighted by atomic mass is 9.92. The average molecular weight is 486 g/mol. The minimum Gasteiger partial charge on any atom is -0.382 e. The Labute approximate surface area is 198 Å². The monoisotopic (exact) mass is 486 g/mol. The Hall–Kier alpha value is -3.63. The standard InChI is InChI=1S/C24H25F3N6O2/c25-22-15(3-4-18(33-22)32-13-5-7-24(26,27)8-6-13)21(35)16-12-30-23-20(16)17(2-1-9-28-23)31-14-10-19(34)29-11-14/h1,3-4,9,12-14,31H,2,5-8,10-11H2,(H,28,30)(H,29,34)(H,32,33). The highest BCUT2D eigenvalue weighted by atomic mass is 19.3. The Morgan fingerprint density at radius 3 is 2.63 bits per heavy atom. The first-order valence-electron chi connectivity index (χ1n) is 11.6. The van der Waals surface area contributed by atoms with Crippen LogP contribution in [0.15, 0.2) is 35.6 Å². The van der Waals surface area contributed by atoms with Gasteiger partial charge in [-0.25, -0.2) is 18.8 Å². The van der Waals surface area contributed by atoms with Gasteiger partial charge in [-0.1, -0.05) is 6.08 Å². The molecule has 1 saturated heterocycles. The predicted molar refractivity (Wildman–Crippen MR) is 122 cm³/mol. The first-order chi connectivity index (χ1) is 16.8. The topological polar surface area (TPSA) is 111 Å². The highest BCUT2D eigenvalue weighted by Gasteiger charge is 2.35. The van der Waals surface area contributed by atoms with Crippen LogP contribution in [0.2, 0.25) is 0 Å². The molecule has 5 rings (SSSR count). The van der Waals surface area contributed by atoms with Crippen molar-refractivity contribution in [2.75, 3.05) is 11.9 Å². The molecule has 1 aliphatic carbocycles. The fourth-order valence-corrected chi connectivity index (χ4v) is 4.71. The van der Waals surface area contributed by atoms with E-state index in [1.807, 2.05) is 6.08 Å². The number of carbonyl (C=O) groups excluding carboxylic acids is 2. The number of pyridine rings is 1. The number of ketones is 1. The van der Waals surface area contributed by atoms with Crippen LogP contribution in [-0.4, -0.2) is 46.2 Å². The van der Waals surface area contributed by atoms with Gasteiger partial charge in [0.15, 0.2) is 5.78 Å². The van der Waals surface area contributed by atoms with Gasteiger partial charge < -0.3 is 20.9 Å². The lowest BCUT2D eigenvalue weighted by Crippen LogP contribution is -2.38. The summed E-state index contributed by atoms with van der Waals surface area (Å²) in [4.78, 5) is 36.1. The van der Waals surface area contributed by atoms with Crippen molar-refractivity contribution in [1.82, 2.24) is 20.6 Å². The molecule has 3 aliphatic rings. The first kappa shape index (κ1) is 23.1. The number of carbonyl (C=O) groups is 2. The Bertz CT molecular complexity index is 1310. The van der Waals surface area contributed by atoms with E-state index in [4.69, 9.17) is 0 Å². The number of hydrogen-bond donors (Lipinski definition) is 4. The molecule has 4 heterocycles. The second-order valence-corrected chi connectivity index (χ2v) is 9.11. The first-order valence-corrected chi connectivity index (χ1v) is 11.6. The van der Waals surface area contributed by atoms with Crippen molar-refractivity contribution < 1.29 is 22.8 Å². The third kappa shape index (κ3) is 4.94. The molecule has 1 saturated carbocycles. The van der Waals surface area contributed by atoms with E-state index in [1.165, 1.54) is 18.3 Å². The summed E-state index contributed by atoms with van der Waals surface area (Å²) in [5, 5.41) is 9.63. The van der Waals surface area contributed by atoms with E-state index in [-0.39, 0.29) is 60.6 Å². The maximum atomic E-state index is 14.9. The normalized spacial score (nSPS) is 21.6. The van der Waals surface area contributed by atoms with E-state index in [1.54, 1.807) is 6.20 Å². The van der Waals surface area contributed by atoms with E-state index >= 15 is 0 Å². The van der Waals surface area contributed by atoms with Gasteiger partial charge in [0, 0.05) is 61.6 Å². The molecule has 0 aromatic carbocycles. The number of rotatable bonds is 6. The number of nitrogens with zero attached hydrogens (tertiary/aromatic N) is 2. The molecule has 35 heavy (non-hydrogen) atoms. The predicted octanol–water partition coefficient (Wildman–Crippen LogP) is 1.89. The zero-order valence-corrected chi connectivity index (χ0v) is 18.8. The van der Waals surface area contributed by atoms with Gasteiger partial charge in [-0.15, -0.1) is 0 Å². The summed E-state index contributed by atoms with van der Waals surface area (Å²) in [5.74, 6) is -4.01. The zero-order chi connectivity index (χ0) is 24.6. The Morgan fingerprint density at radius 2 is 1.91 bits per heavy atom. The second-order valence-electron chi connectivity index (χ2n) is 9.11. The lowest BCUT2D eigenvalue weighted by Gasteiger charge is -2.29. The van der Waals surface area contributed by atoms with Crippen LogP contribution in [-0.2, 0) is 4.79 Å². The van der Waals surface area contributed by atoms with Gasteiger partial charge in [0.25, 0.3) is 0 Å². The van der Waals surface area contributed by atoms with Crippen LogP contribution in [0.4, 0.5) is 19.0 Å². The summed E-state index contributed by atoms with van der Waals surface area (Å²) in [6.45, 7) is 0.470. The van der Waals surface area contributed by atoms with Gasteiger partial charge in [-0.05, 0) is 25.0 Å². The van der Waals surface area contributed by atoms with Gasteiger partial charge >= 0.3 is 0 Å². The van der Waals surface area contributed by atoms with E-state index < -0.39 is 17.7 Å². The summed E-state index contributed by atoms with van der Waals surface area (Å²) < 4.78 is 41.7. The molecule has 1 unspecified atom stereocenters. The van der Waals surface area contributed by atoms with Crippen LogP contribution in [0, 0.1) is 5.95 Å². The largest absolute Gasteiger partial charge is 0.382 e. The van der Waals surface area contributed by atoms with Gasteiger partial charge in [0.2, 0.25) is 17.8 Å². The van der Waals surface area contributed by atoms with Gasteiger partial charge in [-0.3, -0.25) is 9.59 Å². The summed E-state index contributed by atoms with van der Waals surface area (Å²) in [5.41, 5.74) is 1.21. The average Bonchev–Trinajstić information content (AvgIpc) is 3.37. The number of halogens is 3. The number of H-pyrrole nitrogens is 1. The SMILES string of the molecule is O=C1CC(NC2=c3c(C(=O)c4ccc(NC5CCC(F)(F)CC5)nc4F)c[nH]c3=NC=CC2)CN1. The molecular formula is C24H25F3N6O2. The van der Waals surface area contributed by atoms with Crippen LogP contribution < -0.4 is 26.7 Å². The molecule has 184 valence electrons. The van der Waals surface area contributed by atoms with E-state index in [0.29, 0.717) is 35.8 Å². The summed E-state index contributed by atoms with van der Waals surface area (Å²) >= 11 is 0. The third-order valence-corrected chi connectivity index (χ3v) is 6.56. The molecule has 0 radical (unpaired) electrons. The van der Waals surface area contributed by atoms with Crippen LogP contribution in [0.25, 0.3) is 5.70 Å². The van der Waals surface area contributed by atoms with Crippen molar-refractivity contribution in [2.45, 2.75) is 56.5 Å². The molecule has 2 aromatic rings. The van der Waals surface area contributed by atoms with Crippen LogP contribution >= 0.6 is 0 Å². The molecule has 0 bridgehead atoms. The van der Waals surface area contributed by atoms with Crippen LogP contribution in [0.1, 0.15) is 54.4 Å². The van der Waals surface area contributed by atoms with Gasteiger partial charge in [-0.2, -0.15) is 4.39 Å². The molecule has 2 aromatic heterocycles. The molecule has 2 aliphatic heterocycles. The number of aromatic nitrogens is 2. The Kier molecular flexibility index (Phi) is 6.08. The van der Waals surface area contributed by atoms with Crippen molar-refractivity contribution in [3.63, 3.8) is 0 Å². The highest BCUT2D eigenvalue weighted by Crippen LogP contribution is 2.34. The summed E-state index contributed by atoms with van der Waals surface area (Å²) in [6.07, 6.45) is 5.81. The van der Waals surface area contributed by atoms with Crippen LogP contribution in [0.5, 0.6) is 0 Å². The van der Waals surface area contributed by atoms with E-state index in [0.717, 1.165) is 0 Å². The van der Waals surface area contributed by atoms with Gasteiger partial charge in [0.1, 0.15) is 11.3 Å². The summed E-state index contributed by atoms with van der Waals surface area (Å²) in [7, 11) is 0. The van der Waals surface area contributed by atoms with Crippen molar-refractivity contribution in [2.24, 2.45) is 4.99 Å². The number of alkyl halides is 2.